The quantitative estimate of drug-likeness (QED) is 0.549. The van der Waals surface area contributed by atoms with Crippen molar-refractivity contribution in [2.45, 2.75) is 19.0 Å². The van der Waals surface area contributed by atoms with Crippen LogP contribution in [0, 0.1) is 0 Å². The Morgan fingerprint density at radius 2 is 1.93 bits per heavy atom. The van der Waals surface area contributed by atoms with E-state index >= 15 is 0 Å². The molecule has 30 heavy (non-hydrogen) atoms. The standard InChI is InChI=1S/C20H19N5O5/c26-19(21-10-15-6-7-17-18(9-15)30-13-29-17)11-28-20(27)16(25-12-22-23-24-25)8-14-4-2-1-3-5-14/h1-7,9,12,16H,8,10-11,13H2,(H,21,26)/t16-/m1/s1. The van der Waals surface area contributed by atoms with Crippen molar-refractivity contribution < 1.29 is 23.8 Å². The first-order valence-electron chi connectivity index (χ1n) is 9.27. The summed E-state index contributed by atoms with van der Waals surface area (Å²) in [6.07, 6.45) is 1.68. The van der Waals surface area contributed by atoms with Crippen LogP contribution in [-0.2, 0) is 27.3 Å². The second-order valence-electron chi connectivity index (χ2n) is 6.57. The maximum absolute atomic E-state index is 12.6. The number of fused-ring (bicyclic) bond motifs is 1. The molecule has 0 aliphatic carbocycles. The zero-order valence-corrected chi connectivity index (χ0v) is 15.9. The van der Waals surface area contributed by atoms with Gasteiger partial charge in [-0.25, -0.2) is 9.48 Å². The number of ether oxygens (including phenoxy) is 3. The Morgan fingerprint density at radius 3 is 2.73 bits per heavy atom. The van der Waals surface area contributed by atoms with Crippen LogP contribution >= 0.6 is 0 Å². The molecule has 0 bridgehead atoms. The van der Waals surface area contributed by atoms with Crippen molar-refractivity contribution in [1.29, 1.82) is 0 Å². The number of aromatic nitrogens is 4. The Hall–Kier alpha value is -3.95. The zero-order valence-electron chi connectivity index (χ0n) is 15.9. The Balaban J connectivity index is 1.31. The summed E-state index contributed by atoms with van der Waals surface area (Å²) in [7, 11) is 0. The highest BCUT2D eigenvalue weighted by atomic mass is 16.7. The van der Waals surface area contributed by atoms with Gasteiger partial charge in [0, 0.05) is 13.0 Å². The largest absolute Gasteiger partial charge is 0.454 e. The number of nitrogens with zero attached hydrogens (tertiary/aromatic N) is 4. The lowest BCUT2D eigenvalue weighted by Gasteiger charge is -2.15. The maximum atomic E-state index is 12.6. The Kier molecular flexibility index (Phi) is 5.83. The van der Waals surface area contributed by atoms with E-state index < -0.39 is 24.5 Å². The topological polar surface area (TPSA) is 117 Å². The van der Waals surface area contributed by atoms with Gasteiger partial charge in [0.05, 0.1) is 0 Å². The molecular weight excluding hydrogens is 390 g/mol. The van der Waals surface area contributed by atoms with Gasteiger partial charge in [0.1, 0.15) is 6.33 Å². The lowest BCUT2D eigenvalue weighted by atomic mass is 10.1. The number of benzene rings is 2. The van der Waals surface area contributed by atoms with E-state index in [1.807, 2.05) is 36.4 Å². The fourth-order valence-electron chi connectivity index (χ4n) is 2.97. The van der Waals surface area contributed by atoms with E-state index in [1.54, 1.807) is 12.1 Å². The van der Waals surface area contributed by atoms with Gasteiger partial charge in [-0.1, -0.05) is 36.4 Å². The molecule has 10 nitrogen and oxygen atoms in total. The molecule has 154 valence electrons. The maximum Gasteiger partial charge on any atom is 0.331 e. The van der Waals surface area contributed by atoms with Crippen LogP contribution in [0.3, 0.4) is 0 Å². The third-order valence-electron chi connectivity index (χ3n) is 4.50. The molecule has 10 heteroatoms. The molecule has 1 N–H and O–H groups in total. The van der Waals surface area contributed by atoms with Crippen LogP contribution in [-0.4, -0.2) is 45.5 Å². The highest BCUT2D eigenvalue weighted by Crippen LogP contribution is 2.32. The Labute approximate surface area is 171 Å². The molecule has 3 aromatic rings. The van der Waals surface area contributed by atoms with E-state index in [4.69, 9.17) is 14.2 Å². The third kappa shape index (κ3) is 4.72. The van der Waals surface area contributed by atoms with Crippen molar-refractivity contribution in [2.75, 3.05) is 13.4 Å². The van der Waals surface area contributed by atoms with Crippen molar-refractivity contribution in [2.24, 2.45) is 0 Å². The first kappa shape index (κ1) is 19.4. The van der Waals surface area contributed by atoms with E-state index in [9.17, 15) is 9.59 Å². The van der Waals surface area contributed by atoms with Crippen LogP contribution in [0.5, 0.6) is 11.5 Å². The molecule has 1 atom stereocenters. The zero-order chi connectivity index (χ0) is 20.8. The molecule has 2 heterocycles. The molecule has 1 aromatic heterocycles. The predicted molar refractivity (Wildman–Crippen MR) is 102 cm³/mol. The number of nitrogens with one attached hydrogen (secondary N) is 1. The van der Waals surface area contributed by atoms with E-state index in [0.717, 1.165) is 11.1 Å². The lowest BCUT2D eigenvalue weighted by Crippen LogP contribution is -2.31. The SMILES string of the molecule is O=C(COC(=O)[C@@H](Cc1ccccc1)n1cnnn1)NCc1ccc2c(c1)OCO2. The number of carbonyl (C=O) groups is 2. The molecule has 2 aromatic carbocycles. The number of tetrazole rings is 1. The summed E-state index contributed by atoms with van der Waals surface area (Å²) >= 11 is 0. The molecule has 0 saturated carbocycles. The average molecular weight is 409 g/mol. The number of hydrogen-bond donors (Lipinski definition) is 1. The summed E-state index contributed by atoms with van der Waals surface area (Å²) in [4.78, 5) is 24.7. The lowest BCUT2D eigenvalue weighted by molar-refractivity contribution is -0.152. The fourth-order valence-corrected chi connectivity index (χ4v) is 2.97. The molecule has 4 rings (SSSR count). The smallest absolute Gasteiger partial charge is 0.331 e. The highest BCUT2D eigenvalue weighted by molar-refractivity contribution is 5.81. The van der Waals surface area contributed by atoms with Gasteiger partial charge in [-0.2, -0.15) is 0 Å². The van der Waals surface area contributed by atoms with E-state index in [-0.39, 0.29) is 13.3 Å². The van der Waals surface area contributed by atoms with Gasteiger partial charge in [-0.05, 0) is 33.7 Å². The van der Waals surface area contributed by atoms with E-state index in [2.05, 4.69) is 20.8 Å². The van der Waals surface area contributed by atoms with Crippen LogP contribution in [0.1, 0.15) is 17.2 Å². The molecule has 1 amide bonds. The minimum absolute atomic E-state index is 0.187. The predicted octanol–water partition coefficient (Wildman–Crippen LogP) is 1.05. The van der Waals surface area contributed by atoms with Crippen LogP contribution in [0.15, 0.2) is 54.9 Å². The second-order valence-corrected chi connectivity index (χ2v) is 6.57. The van der Waals surface area contributed by atoms with Gasteiger partial charge < -0.3 is 19.5 Å². The molecule has 0 radical (unpaired) electrons. The molecule has 1 aliphatic rings. The third-order valence-corrected chi connectivity index (χ3v) is 4.50. The van der Waals surface area contributed by atoms with Gasteiger partial charge in [-0.15, -0.1) is 5.10 Å². The molecule has 0 fully saturated rings. The number of rotatable bonds is 8. The molecule has 0 unspecified atom stereocenters. The Bertz CT molecular complexity index is 1010. The monoisotopic (exact) mass is 409 g/mol. The first-order valence-corrected chi connectivity index (χ1v) is 9.27. The summed E-state index contributed by atoms with van der Waals surface area (Å²) in [5, 5.41) is 13.7. The highest BCUT2D eigenvalue weighted by Gasteiger charge is 2.24. The summed E-state index contributed by atoms with van der Waals surface area (Å²) in [5.41, 5.74) is 1.76. The van der Waals surface area contributed by atoms with E-state index in [1.165, 1.54) is 11.0 Å². The van der Waals surface area contributed by atoms with Gasteiger partial charge in [0.25, 0.3) is 5.91 Å². The van der Waals surface area contributed by atoms with Crippen LogP contribution in [0.2, 0.25) is 0 Å². The van der Waals surface area contributed by atoms with Crippen molar-refractivity contribution >= 4 is 11.9 Å². The number of esters is 1. The van der Waals surface area contributed by atoms with Crippen LogP contribution in [0.4, 0.5) is 0 Å². The minimum atomic E-state index is -0.774. The summed E-state index contributed by atoms with van der Waals surface area (Å²) in [6, 6.07) is 14.1. The van der Waals surface area contributed by atoms with Crippen LogP contribution < -0.4 is 14.8 Å². The van der Waals surface area contributed by atoms with Crippen molar-refractivity contribution in [3.63, 3.8) is 0 Å². The molecule has 1 aliphatic heterocycles. The molecule has 0 spiro atoms. The average Bonchev–Trinajstić information content (AvgIpc) is 3.46. The summed E-state index contributed by atoms with van der Waals surface area (Å²) in [6.45, 7) is 0.0524. The van der Waals surface area contributed by atoms with E-state index in [0.29, 0.717) is 17.9 Å². The number of carbonyl (C=O) groups excluding carboxylic acids is 2. The summed E-state index contributed by atoms with van der Waals surface area (Å²) in [5.74, 6) is 0.296. The van der Waals surface area contributed by atoms with Crippen LogP contribution in [0.25, 0.3) is 0 Å². The second kappa shape index (κ2) is 9.03. The van der Waals surface area contributed by atoms with Gasteiger partial charge in [0.2, 0.25) is 6.79 Å². The number of hydrogen-bond acceptors (Lipinski definition) is 8. The summed E-state index contributed by atoms with van der Waals surface area (Å²) < 4.78 is 17.1. The normalized spacial score (nSPS) is 12.9. The van der Waals surface area contributed by atoms with Gasteiger partial charge in [0.15, 0.2) is 24.1 Å². The van der Waals surface area contributed by atoms with Crippen molar-refractivity contribution in [3.8, 4) is 11.5 Å². The first-order chi connectivity index (χ1) is 14.7. The van der Waals surface area contributed by atoms with Crippen molar-refractivity contribution in [3.05, 3.63) is 66.0 Å². The molecular formula is C20H19N5O5. The number of amides is 1. The fraction of sp³-hybridized carbons (Fsp3) is 0.250. The van der Waals surface area contributed by atoms with Gasteiger partial charge >= 0.3 is 5.97 Å². The van der Waals surface area contributed by atoms with Gasteiger partial charge in [-0.3, -0.25) is 4.79 Å². The minimum Gasteiger partial charge on any atom is -0.454 e. The Morgan fingerprint density at radius 1 is 1.10 bits per heavy atom. The van der Waals surface area contributed by atoms with Crippen molar-refractivity contribution in [1.82, 2.24) is 25.5 Å². The molecule has 0 saturated heterocycles.